The van der Waals surface area contributed by atoms with Crippen LogP contribution in [0.15, 0.2) is 29.2 Å². The van der Waals surface area contributed by atoms with Crippen LogP contribution < -0.4 is 5.32 Å². The van der Waals surface area contributed by atoms with Crippen LogP contribution in [-0.4, -0.2) is 12.8 Å². The van der Waals surface area contributed by atoms with Gasteiger partial charge in [-0.25, -0.2) is 0 Å². The molecule has 1 unspecified atom stereocenters. The summed E-state index contributed by atoms with van der Waals surface area (Å²) in [5.74, 6) is 2.10. The maximum absolute atomic E-state index is 3.26. The van der Waals surface area contributed by atoms with Crippen LogP contribution in [0.25, 0.3) is 0 Å². The van der Waals surface area contributed by atoms with Gasteiger partial charge in [0.2, 0.25) is 0 Å². The minimum absolute atomic E-state index is 0.438. The number of hydrogen-bond acceptors (Lipinski definition) is 2. The number of benzene rings is 1. The first kappa shape index (κ1) is 14.6. The topological polar surface area (TPSA) is 12.0 Å². The van der Waals surface area contributed by atoms with E-state index >= 15 is 0 Å². The van der Waals surface area contributed by atoms with E-state index in [9.17, 15) is 0 Å². The fourth-order valence-electron chi connectivity index (χ4n) is 1.76. The van der Waals surface area contributed by atoms with Gasteiger partial charge in [-0.1, -0.05) is 38.8 Å². The average Bonchev–Trinajstić information content (AvgIpc) is 2.39. The lowest BCUT2D eigenvalue weighted by Crippen LogP contribution is -2.11. The summed E-state index contributed by atoms with van der Waals surface area (Å²) in [4.78, 5) is 1.39. The Kier molecular flexibility index (Phi) is 6.68. The summed E-state index contributed by atoms with van der Waals surface area (Å²) in [6.45, 7) is 6.76. The van der Waals surface area contributed by atoms with Crippen molar-refractivity contribution in [3.05, 3.63) is 29.8 Å². The lowest BCUT2D eigenvalue weighted by molar-refractivity contribution is 0.554. The third-order valence-corrected chi connectivity index (χ3v) is 4.70. The van der Waals surface area contributed by atoms with Crippen LogP contribution in [0.3, 0.4) is 0 Å². The highest BCUT2D eigenvalue weighted by Crippen LogP contribution is 2.25. The van der Waals surface area contributed by atoms with Gasteiger partial charge in [0.1, 0.15) is 0 Å². The van der Waals surface area contributed by atoms with Crippen LogP contribution in [-0.2, 0) is 0 Å². The zero-order valence-electron chi connectivity index (χ0n) is 11.5. The van der Waals surface area contributed by atoms with E-state index in [0.717, 1.165) is 5.92 Å². The molecule has 0 aromatic heterocycles. The van der Waals surface area contributed by atoms with E-state index in [1.807, 2.05) is 18.8 Å². The minimum atomic E-state index is 0.438. The van der Waals surface area contributed by atoms with Gasteiger partial charge >= 0.3 is 0 Å². The van der Waals surface area contributed by atoms with Crippen molar-refractivity contribution in [3.8, 4) is 0 Å². The fourth-order valence-corrected chi connectivity index (χ4v) is 2.99. The molecular formula is C15H25NS. The Morgan fingerprint density at radius 3 is 2.18 bits per heavy atom. The summed E-state index contributed by atoms with van der Waals surface area (Å²) in [7, 11) is 2.00. The largest absolute Gasteiger partial charge is 0.313 e. The molecular weight excluding hydrogens is 226 g/mol. The first-order valence-corrected chi connectivity index (χ1v) is 7.59. The van der Waals surface area contributed by atoms with Crippen molar-refractivity contribution in [2.75, 3.05) is 12.8 Å². The Morgan fingerprint density at radius 2 is 1.71 bits per heavy atom. The third kappa shape index (κ3) is 4.72. The molecule has 1 aromatic carbocycles. The third-order valence-electron chi connectivity index (χ3n) is 3.45. The summed E-state index contributed by atoms with van der Waals surface area (Å²) in [6, 6.07) is 9.40. The highest BCUT2D eigenvalue weighted by Gasteiger charge is 2.05. The van der Waals surface area contributed by atoms with E-state index in [-0.39, 0.29) is 0 Å². The predicted molar refractivity (Wildman–Crippen MR) is 78.7 cm³/mol. The second kappa shape index (κ2) is 7.78. The summed E-state index contributed by atoms with van der Waals surface area (Å²) in [5, 5.41) is 3.26. The van der Waals surface area contributed by atoms with Gasteiger partial charge in [0.15, 0.2) is 0 Å². The molecule has 0 spiro atoms. The van der Waals surface area contributed by atoms with Crippen LogP contribution in [0.4, 0.5) is 0 Å². The zero-order chi connectivity index (χ0) is 12.7. The van der Waals surface area contributed by atoms with E-state index in [1.54, 1.807) is 0 Å². The van der Waals surface area contributed by atoms with Gasteiger partial charge in [-0.2, -0.15) is 0 Å². The molecule has 0 radical (unpaired) electrons. The van der Waals surface area contributed by atoms with Crippen LogP contribution >= 0.6 is 11.8 Å². The zero-order valence-corrected chi connectivity index (χ0v) is 12.3. The molecule has 0 amide bonds. The highest BCUT2D eigenvalue weighted by atomic mass is 32.2. The molecule has 0 saturated carbocycles. The predicted octanol–water partition coefficient (Wildman–Crippen LogP) is 4.50. The fraction of sp³-hybridized carbons (Fsp3) is 0.600. The SMILES string of the molecule is CCC(CC)CSc1ccc(C(C)NC)cc1. The summed E-state index contributed by atoms with van der Waals surface area (Å²) in [5.41, 5.74) is 1.36. The molecule has 1 atom stereocenters. The van der Waals surface area contributed by atoms with Crippen molar-refractivity contribution in [2.45, 2.75) is 44.6 Å². The van der Waals surface area contributed by atoms with Crippen LogP contribution in [0.2, 0.25) is 0 Å². The number of nitrogens with one attached hydrogen (secondary N) is 1. The molecule has 1 nitrogen and oxygen atoms in total. The average molecular weight is 251 g/mol. The van der Waals surface area contributed by atoms with E-state index < -0.39 is 0 Å². The maximum Gasteiger partial charge on any atom is 0.0289 e. The molecule has 0 bridgehead atoms. The molecule has 0 fully saturated rings. The normalized spacial score (nSPS) is 13.0. The molecule has 0 aliphatic rings. The summed E-state index contributed by atoms with van der Waals surface area (Å²) in [6.07, 6.45) is 2.58. The number of thioether (sulfide) groups is 1. The van der Waals surface area contributed by atoms with Gasteiger partial charge in [-0.3, -0.25) is 0 Å². The molecule has 2 heteroatoms. The summed E-state index contributed by atoms with van der Waals surface area (Å²) >= 11 is 1.99. The lowest BCUT2D eigenvalue weighted by atomic mass is 10.1. The Morgan fingerprint density at radius 1 is 1.12 bits per heavy atom. The lowest BCUT2D eigenvalue weighted by Gasteiger charge is -2.13. The Balaban J connectivity index is 2.50. The van der Waals surface area contributed by atoms with E-state index in [0.29, 0.717) is 6.04 Å². The van der Waals surface area contributed by atoms with E-state index in [4.69, 9.17) is 0 Å². The smallest absolute Gasteiger partial charge is 0.0289 e. The minimum Gasteiger partial charge on any atom is -0.313 e. The molecule has 1 rings (SSSR count). The highest BCUT2D eigenvalue weighted by molar-refractivity contribution is 7.99. The van der Waals surface area contributed by atoms with Crippen LogP contribution in [0.5, 0.6) is 0 Å². The van der Waals surface area contributed by atoms with E-state index in [1.165, 1.54) is 29.1 Å². The van der Waals surface area contributed by atoms with Gasteiger partial charge in [-0.15, -0.1) is 11.8 Å². The molecule has 0 heterocycles. The van der Waals surface area contributed by atoms with Crippen LogP contribution in [0.1, 0.15) is 45.2 Å². The van der Waals surface area contributed by atoms with Gasteiger partial charge in [0.25, 0.3) is 0 Å². The first-order valence-electron chi connectivity index (χ1n) is 6.61. The van der Waals surface area contributed by atoms with Gasteiger partial charge in [0.05, 0.1) is 0 Å². The number of rotatable bonds is 7. The van der Waals surface area contributed by atoms with Crippen molar-refractivity contribution >= 4 is 11.8 Å². The Hall–Kier alpha value is -0.470. The molecule has 0 aliphatic carbocycles. The van der Waals surface area contributed by atoms with Crippen molar-refractivity contribution in [3.63, 3.8) is 0 Å². The maximum atomic E-state index is 3.26. The van der Waals surface area contributed by atoms with Crippen LogP contribution in [0, 0.1) is 5.92 Å². The quantitative estimate of drug-likeness (QED) is 0.716. The molecule has 1 N–H and O–H groups in total. The molecule has 96 valence electrons. The number of hydrogen-bond donors (Lipinski definition) is 1. The Bertz CT molecular complexity index is 303. The van der Waals surface area contributed by atoms with Gasteiger partial charge in [0, 0.05) is 16.7 Å². The van der Waals surface area contributed by atoms with Crippen molar-refractivity contribution in [2.24, 2.45) is 5.92 Å². The monoisotopic (exact) mass is 251 g/mol. The van der Waals surface area contributed by atoms with E-state index in [2.05, 4.69) is 50.4 Å². The van der Waals surface area contributed by atoms with Crippen molar-refractivity contribution in [1.29, 1.82) is 0 Å². The van der Waals surface area contributed by atoms with Gasteiger partial charge < -0.3 is 5.32 Å². The summed E-state index contributed by atoms with van der Waals surface area (Å²) < 4.78 is 0. The first-order chi connectivity index (χ1) is 8.21. The molecule has 17 heavy (non-hydrogen) atoms. The van der Waals surface area contributed by atoms with Gasteiger partial charge in [-0.05, 0) is 37.6 Å². The second-order valence-corrected chi connectivity index (χ2v) is 5.67. The Labute approximate surface area is 110 Å². The van der Waals surface area contributed by atoms with Crippen molar-refractivity contribution < 1.29 is 0 Å². The second-order valence-electron chi connectivity index (χ2n) is 4.57. The van der Waals surface area contributed by atoms with Crippen molar-refractivity contribution in [1.82, 2.24) is 5.32 Å². The molecule has 0 aliphatic heterocycles. The molecule has 0 saturated heterocycles. The molecule has 1 aromatic rings. The standard InChI is InChI=1S/C15H25NS/c1-5-13(6-2)11-17-15-9-7-14(8-10-15)12(3)16-4/h7-10,12-13,16H,5-6,11H2,1-4H3.